The molecule has 0 spiro atoms. The molecule has 1 fully saturated rings. The van der Waals surface area contributed by atoms with E-state index in [4.69, 9.17) is 0 Å². The highest BCUT2D eigenvalue weighted by molar-refractivity contribution is 5.17. The Bertz CT molecular complexity index is 325. The molecule has 94 valence electrons. The Morgan fingerprint density at radius 3 is 2.82 bits per heavy atom. The molecule has 1 N–H and O–H groups in total. The second-order valence-corrected chi connectivity index (χ2v) is 5.13. The average molecular weight is 233 g/mol. The van der Waals surface area contributed by atoms with Gasteiger partial charge in [0.2, 0.25) is 0 Å². The SMILES string of the molecule is CCCC1CCN(CC(O)c2ccccc2)C1. The third-order valence-electron chi connectivity index (χ3n) is 3.68. The number of likely N-dealkylation sites (tertiary alicyclic amines) is 1. The minimum atomic E-state index is -0.337. The lowest BCUT2D eigenvalue weighted by Gasteiger charge is -2.20. The summed E-state index contributed by atoms with van der Waals surface area (Å²) in [5.41, 5.74) is 1.03. The van der Waals surface area contributed by atoms with Crippen LogP contribution in [0.2, 0.25) is 0 Å². The van der Waals surface area contributed by atoms with Crippen LogP contribution in [0.5, 0.6) is 0 Å². The lowest BCUT2D eigenvalue weighted by Crippen LogP contribution is -2.26. The molecule has 0 aromatic heterocycles. The number of aliphatic hydroxyl groups excluding tert-OH is 1. The smallest absolute Gasteiger partial charge is 0.0916 e. The fourth-order valence-electron chi connectivity index (χ4n) is 2.75. The molecular formula is C15H23NO. The molecule has 1 aliphatic heterocycles. The third kappa shape index (κ3) is 3.55. The highest BCUT2D eigenvalue weighted by Crippen LogP contribution is 2.23. The van der Waals surface area contributed by atoms with E-state index >= 15 is 0 Å². The molecule has 0 amide bonds. The van der Waals surface area contributed by atoms with E-state index in [0.29, 0.717) is 0 Å². The van der Waals surface area contributed by atoms with Gasteiger partial charge in [-0.25, -0.2) is 0 Å². The van der Waals surface area contributed by atoms with Gasteiger partial charge in [0.25, 0.3) is 0 Å². The molecule has 1 heterocycles. The van der Waals surface area contributed by atoms with Gasteiger partial charge < -0.3 is 10.0 Å². The standard InChI is InChI=1S/C15H23NO/c1-2-6-13-9-10-16(11-13)12-15(17)14-7-4-3-5-8-14/h3-5,7-8,13,15,17H,2,6,9-12H2,1H3. The highest BCUT2D eigenvalue weighted by atomic mass is 16.3. The van der Waals surface area contributed by atoms with E-state index in [2.05, 4.69) is 11.8 Å². The molecule has 2 nitrogen and oxygen atoms in total. The summed E-state index contributed by atoms with van der Waals surface area (Å²) in [6.07, 6.45) is 3.57. The first-order valence-electron chi connectivity index (χ1n) is 6.75. The van der Waals surface area contributed by atoms with Gasteiger partial charge in [-0.1, -0.05) is 43.7 Å². The quantitative estimate of drug-likeness (QED) is 0.845. The Hall–Kier alpha value is -0.860. The summed E-state index contributed by atoms with van der Waals surface area (Å²) in [7, 11) is 0. The van der Waals surface area contributed by atoms with Crippen LogP contribution in [0, 0.1) is 5.92 Å². The number of rotatable bonds is 5. The summed E-state index contributed by atoms with van der Waals surface area (Å²) in [6.45, 7) is 5.35. The van der Waals surface area contributed by atoms with Crippen LogP contribution >= 0.6 is 0 Å². The summed E-state index contributed by atoms with van der Waals surface area (Å²) in [5.74, 6) is 0.850. The van der Waals surface area contributed by atoms with E-state index in [-0.39, 0.29) is 6.10 Å². The number of hydrogen-bond donors (Lipinski definition) is 1. The van der Waals surface area contributed by atoms with Gasteiger partial charge in [-0.05, 0) is 30.9 Å². The van der Waals surface area contributed by atoms with Gasteiger partial charge >= 0.3 is 0 Å². The van der Waals surface area contributed by atoms with E-state index in [1.54, 1.807) is 0 Å². The number of nitrogens with zero attached hydrogens (tertiary/aromatic N) is 1. The molecule has 1 aliphatic rings. The monoisotopic (exact) mass is 233 g/mol. The van der Waals surface area contributed by atoms with Crippen molar-refractivity contribution in [1.29, 1.82) is 0 Å². The van der Waals surface area contributed by atoms with Gasteiger partial charge in [0.1, 0.15) is 0 Å². The second kappa shape index (κ2) is 6.18. The van der Waals surface area contributed by atoms with Gasteiger partial charge in [0.15, 0.2) is 0 Å². The van der Waals surface area contributed by atoms with Gasteiger partial charge in [0, 0.05) is 13.1 Å². The minimum absolute atomic E-state index is 0.337. The van der Waals surface area contributed by atoms with Gasteiger partial charge in [-0.2, -0.15) is 0 Å². The van der Waals surface area contributed by atoms with Crippen molar-refractivity contribution in [3.05, 3.63) is 35.9 Å². The fraction of sp³-hybridized carbons (Fsp3) is 0.600. The molecule has 1 aromatic rings. The van der Waals surface area contributed by atoms with E-state index in [0.717, 1.165) is 31.1 Å². The molecular weight excluding hydrogens is 210 g/mol. The van der Waals surface area contributed by atoms with Crippen molar-refractivity contribution in [3.63, 3.8) is 0 Å². The van der Waals surface area contributed by atoms with E-state index < -0.39 is 0 Å². The predicted octanol–water partition coefficient (Wildman–Crippen LogP) is 2.84. The summed E-state index contributed by atoms with van der Waals surface area (Å²) < 4.78 is 0. The maximum absolute atomic E-state index is 10.2. The van der Waals surface area contributed by atoms with Crippen molar-refractivity contribution >= 4 is 0 Å². The molecule has 2 atom stereocenters. The molecule has 1 saturated heterocycles. The van der Waals surface area contributed by atoms with Crippen LogP contribution < -0.4 is 0 Å². The number of hydrogen-bond acceptors (Lipinski definition) is 2. The number of β-amino-alcohol motifs (C(OH)–C–C–N with tert-alkyl or cyclic N) is 1. The van der Waals surface area contributed by atoms with Crippen molar-refractivity contribution in [3.8, 4) is 0 Å². The first-order chi connectivity index (χ1) is 8.29. The van der Waals surface area contributed by atoms with Crippen molar-refractivity contribution < 1.29 is 5.11 Å². The Morgan fingerprint density at radius 2 is 2.12 bits per heavy atom. The normalized spacial score (nSPS) is 22.8. The zero-order valence-electron chi connectivity index (χ0n) is 10.7. The average Bonchev–Trinajstić information content (AvgIpc) is 2.78. The summed E-state index contributed by atoms with van der Waals surface area (Å²) in [5, 5.41) is 10.2. The Morgan fingerprint density at radius 1 is 1.35 bits per heavy atom. The molecule has 2 unspecified atom stereocenters. The minimum Gasteiger partial charge on any atom is -0.387 e. The van der Waals surface area contributed by atoms with Crippen LogP contribution in [-0.4, -0.2) is 29.6 Å². The largest absolute Gasteiger partial charge is 0.387 e. The fourth-order valence-corrected chi connectivity index (χ4v) is 2.75. The number of aliphatic hydroxyl groups is 1. The first-order valence-corrected chi connectivity index (χ1v) is 6.75. The summed E-state index contributed by atoms with van der Waals surface area (Å²) in [6, 6.07) is 9.97. The zero-order valence-corrected chi connectivity index (χ0v) is 10.7. The van der Waals surface area contributed by atoms with Crippen molar-refractivity contribution in [2.75, 3.05) is 19.6 Å². The van der Waals surface area contributed by atoms with Crippen LogP contribution in [0.25, 0.3) is 0 Å². The van der Waals surface area contributed by atoms with Gasteiger partial charge in [0.05, 0.1) is 6.10 Å². The lowest BCUT2D eigenvalue weighted by molar-refractivity contribution is 0.124. The lowest BCUT2D eigenvalue weighted by atomic mass is 10.0. The van der Waals surface area contributed by atoms with Crippen LogP contribution in [0.3, 0.4) is 0 Å². The van der Waals surface area contributed by atoms with Gasteiger partial charge in [-0.15, -0.1) is 0 Å². The Labute approximate surface area is 104 Å². The molecule has 0 saturated carbocycles. The van der Waals surface area contributed by atoms with Gasteiger partial charge in [-0.3, -0.25) is 0 Å². The molecule has 17 heavy (non-hydrogen) atoms. The topological polar surface area (TPSA) is 23.5 Å². The Balaban J connectivity index is 1.82. The van der Waals surface area contributed by atoms with Crippen molar-refractivity contribution in [2.45, 2.75) is 32.3 Å². The van der Waals surface area contributed by atoms with Crippen molar-refractivity contribution in [2.24, 2.45) is 5.92 Å². The molecule has 1 aromatic carbocycles. The second-order valence-electron chi connectivity index (χ2n) is 5.13. The molecule has 0 aliphatic carbocycles. The van der Waals surface area contributed by atoms with Crippen LogP contribution in [0.4, 0.5) is 0 Å². The zero-order chi connectivity index (χ0) is 12.1. The number of benzene rings is 1. The Kier molecular flexibility index (Phi) is 4.57. The summed E-state index contributed by atoms with van der Waals surface area (Å²) in [4.78, 5) is 2.40. The van der Waals surface area contributed by atoms with E-state index in [1.165, 1.54) is 19.3 Å². The van der Waals surface area contributed by atoms with Crippen LogP contribution in [0.15, 0.2) is 30.3 Å². The molecule has 0 radical (unpaired) electrons. The van der Waals surface area contributed by atoms with Crippen LogP contribution in [0.1, 0.15) is 37.9 Å². The highest BCUT2D eigenvalue weighted by Gasteiger charge is 2.23. The van der Waals surface area contributed by atoms with E-state index in [1.807, 2.05) is 30.3 Å². The first kappa shape index (κ1) is 12.6. The summed E-state index contributed by atoms with van der Waals surface area (Å²) >= 11 is 0. The van der Waals surface area contributed by atoms with Crippen LogP contribution in [-0.2, 0) is 0 Å². The maximum Gasteiger partial charge on any atom is 0.0916 e. The van der Waals surface area contributed by atoms with E-state index in [9.17, 15) is 5.11 Å². The van der Waals surface area contributed by atoms with Crippen molar-refractivity contribution in [1.82, 2.24) is 4.90 Å². The third-order valence-corrected chi connectivity index (χ3v) is 3.68. The molecule has 0 bridgehead atoms. The molecule has 2 rings (SSSR count). The molecule has 2 heteroatoms. The maximum atomic E-state index is 10.2. The predicted molar refractivity (Wildman–Crippen MR) is 70.9 cm³/mol.